The van der Waals surface area contributed by atoms with Crippen LogP contribution in [-0.4, -0.2) is 12.9 Å². The van der Waals surface area contributed by atoms with Gasteiger partial charge in [0.15, 0.2) is 17.3 Å². The number of ketones is 1. The zero-order chi connectivity index (χ0) is 16.8. The van der Waals surface area contributed by atoms with Gasteiger partial charge in [0.25, 0.3) is 21.5 Å². The number of anilines is 1. The Balaban J connectivity index is 2.37. The van der Waals surface area contributed by atoms with Crippen LogP contribution in [0.25, 0.3) is 0 Å². The largest absolute Gasteiger partial charge is 0.748 e. The molecule has 2 aromatic rings. The lowest BCUT2D eigenvalue weighted by Gasteiger charge is -2.25. The van der Waals surface area contributed by atoms with Gasteiger partial charge in [0.05, 0.1) is 12.8 Å². The number of hydrogen-bond acceptors (Lipinski definition) is 5. The highest BCUT2D eigenvalue weighted by molar-refractivity contribution is 14.1. The van der Waals surface area contributed by atoms with Crippen LogP contribution in [0.3, 0.4) is 0 Å². The lowest BCUT2D eigenvalue weighted by molar-refractivity contribution is 0.101. The van der Waals surface area contributed by atoms with Crippen LogP contribution in [0.15, 0.2) is 42.5 Å². The molecule has 7 heteroatoms. The molecular formula is C16H15INO5-. The van der Waals surface area contributed by atoms with Crippen molar-refractivity contribution in [3.8, 4) is 11.5 Å². The Bertz CT molecular complexity index is 705. The molecule has 0 bridgehead atoms. The van der Waals surface area contributed by atoms with Crippen LogP contribution in [0.5, 0.6) is 11.5 Å². The van der Waals surface area contributed by atoms with Crippen LogP contribution in [0, 0.1) is 5.21 Å². The van der Waals surface area contributed by atoms with E-state index in [4.69, 9.17) is 9.47 Å². The van der Waals surface area contributed by atoms with Crippen molar-refractivity contribution < 1.29 is 17.3 Å². The normalized spacial score (nSPS) is 10.2. The second-order valence-electron chi connectivity index (χ2n) is 4.66. The van der Waals surface area contributed by atoms with Crippen LogP contribution in [0.1, 0.15) is 22.8 Å². The van der Waals surface area contributed by atoms with Gasteiger partial charge in [-0.1, -0.05) is 30.3 Å². The summed E-state index contributed by atoms with van der Waals surface area (Å²) in [6.07, 6.45) is 0. The Morgan fingerprint density at radius 2 is 1.91 bits per heavy atom. The van der Waals surface area contributed by atoms with Crippen molar-refractivity contribution in [2.24, 2.45) is 0 Å². The molecule has 0 heterocycles. The number of ether oxygens (including phenoxy) is 2. The first-order chi connectivity index (χ1) is 11.1. The van der Waals surface area contributed by atoms with Gasteiger partial charge in [-0.3, -0.25) is 4.79 Å². The predicted octanol–water partition coefficient (Wildman–Crippen LogP) is 4.01. The molecule has 0 saturated carbocycles. The summed E-state index contributed by atoms with van der Waals surface area (Å²) < 4.78 is 22.2. The monoisotopic (exact) mass is 428 g/mol. The van der Waals surface area contributed by atoms with Crippen molar-refractivity contribution in [3.05, 3.63) is 58.8 Å². The van der Waals surface area contributed by atoms with E-state index in [9.17, 15) is 13.1 Å². The highest BCUT2D eigenvalue weighted by atomic mass is 127. The van der Waals surface area contributed by atoms with E-state index in [1.54, 1.807) is 0 Å². The average molecular weight is 428 g/mol. The molecular weight excluding hydrogens is 413 g/mol. The number of halogens is 1. The lowest BCUT2D eigenvalue weighted by atomic mass is 10.1. The Hall–Kier alpha value is -2.00. The van der Waals surface area contributed by atoms with E-state index in [1.165, 1.54) is 26.2 Å². The average Bonchev–Trinajstić information content (AvgIpc) is 2.59. The molecule has 2 aromatic carbocycles. The molecule has 0 spiro atoms. The summed E-state index contributed by atoms with van der Waals surface area (Å²) in [6, 6.07) is 12.3. The molecule has 0 amide bonds. The quantitative estimate of drug-likeness (QED) is 0.287. The number of hydrogen-bond donors (Lipinski definition) is 0. The van der Waals surface area contributed by atoms with Gasteiger partial charge in [-0.05, 0) is 18.6 Å². The highest BCUT2D eigenvalue weighted by Crippen LogP contribution is 2.37. The Morgan fingerprint density at radius 1 is 1.22 bits per heavy atom. The summed E-state index contributed by atoms with van der Waals surface area (Å²) in [5.41, 5.74) is 1.13. The first-order valence-corrected chi connectivity index (χ1v) is 8.55. The molecule has 122 valence electrons. The summed E-state index contributed by atoms with van der Waals surface area (Å²) in [7, 11) is 1.45. The van der Waals surface area contributed by atoms with Crippen LogP contribution in [-0.2, 0) is 9.68 Å². The molecule has 0 N–H and O–H groups in total. The smallest absolute Gasteiger partial charge is 0.262 e. The van der Waals surface area contributed by atoms with Crippen LogP contribution < -0.4 is 12.8 Å². The fourth-order valence-electron chi connectivity index (χ4n) is 2.02. The SMILES string of the molecule is COc1cc(C(C)=O)c(N([O-])I=O)cc1OCc1ccccc1. The van der Waals surface area contributed by atoms with Gasteiger partial charge >= 0.3 is 0 Å². The highest BCUT2D eigenvalue weighted by Gasteiger charge is 2.16. The van der Waals surface area contributed by atoms with E-state index in [0.29, 0.717) is 14.8 Å². The minimum absolute atomic E-state index is 0.0316. The predicted molar refractivity (Wildman–Crippen MR) is 94.3 cm³/mol. The number of nitrogens with zero attached hydrogens (tertiary/aromatic N) is 1. The van der Waals surface area contributed by atoms with Crippen molar-refractivity contribution in [1.82, 2.24) is 0 Å². The van der Waals surface area contributed by atoms with E-state index in [0.717, 1.165) is 5.56 Å². The minimum atomic E-state index is -1.98. The van der Waals surface area contributed by atoms with E-state index in [-0.39, 0.29) is 23.6 Å². The number of carbonyl (C=O) groups excluding carboxylic acids is 1. The molecule has 0 aliphatic rings. The van der Waals surface area contributed by atoms with Crippen LogP contribution in [0.4, 0.5) is 5.69 Å². The molecule has 0 aliphatic carbocycles. The maximum Gasteiger partial charge on any atom is 0.262 e. The van der Waals surface area contributed by atoms with Gasteiger partial charge in [-0.25, -0.2) is 3.07 Å². The molecule has 0 atom stereocenters. The van der Waals surface area contributed by atoms with Gasteiger partial charge < -0.3 is 18.0 Å². The van der Waals surface area contributed by atoms with E-state index < -0.39 is 21.5 Å². The Morgan fingerprint density at radius 3 is 2.48 bits per heavy atom. The van der Waals surface area contributed by atoms with Gasteiger partial charge in [-0.15, -0.1) is 0 Å². The third-order valence-electron chi connectivity index (χ3n) is 3.15. The third-order valence-corrected chi connectivity index (χ3v) is 4.03. The fourth-order valence-corrected chi connectivity index (χ4v) is 2.63. The van der Waals surface area contributed by atoms with Crippen molar-refractivity contribution >= 4 is 32.9 Å². The van der Waals surface area contributed by atoms with Crippen LogP contribution >= 0.6 is 21.5 Å². The number of methoxy groups -OCH3 is 1. The van der Waals surface area contributed by atoms with E-state index >= 15 is 0 Å². The summed E-state index contributed by atoms with van der Waals surface area (Å²) in [5.74, 6) is 0.341. The topological polar surface area (TPSA) is 78.9 Å². The maximum atomic E-state index is 11.8. The molecule has 23 heavy (non-hydrogen) atoms. The first kappa shape index (κ1) is 17.4. The number of rotatable bonds is 7. The number of benzene rings is 2. The lowest BCUT2D eigenvalue weighted by Crippen LogP contribution is -2.07. The summed E-state index contributed by atoms with van der Waals surface area (Å²) in [4.78, 5) is 11.7. The Labute approximate surface area is 144 Å². The van der Waals surface area contributed by atoms with Crippen molar-refractivity contribution in [3.63, 3.8) is 0 Å². The van der Waals surface area contributed by atoms with Crippen molar-refractivity contribution in [1.29, 1.82) is 0 Å². The summed E-state index contributed by atoms with van der Waals surface area (Å²) in [5, 5.41) is 11.8. The van der Waals surface area contributed by atoms with Gasteiger partial charge in [-0.2, -0.15) is 0 Å². The van der Waals surface area contributed by atoms with E-state index in [2.05, 4.69) is 0 Å². The number of carbonyl (C=O) groups is 1. The second-order valence-corrected chi connectivity index (χ2v) is 5.93. The Kier molecular flexibility index (Phi) is 6.05. The maximum absolute atomic E-state index is 11.8. The summed E-state index contributed by atoms with van der Waals surface area (Å²) >= 11 is -1.98. The molecule has 0 aliphatic heterocycles. The zero-order valence-electron chi connectivity index (χ0n) is 12.6. The molecule has 6 nitrogen and oxygen atoms in total. The number of Topliss-reactive ketones (excluding diaryl/α,β-unsaturated/α-hetero) is 1. The molecule has 0 radical (unpaired) electrons. The second kappa shape index (κ2) is 8.02. The van der Waals surface area contributed by atoms with E-state index in [1.807, 2.05) is 30.3 Å². The van der Waals surface area contributed by atoms with Gasteiger partial charge in [0.2, 0.25) is 0 Å². The van der Waals surface area contributed by atoms with Crippen molar-refractivity contribution in [2.75, 3.05) is 10.4 Å². The van der Waals surface area contributed by atoms with Crippen LogP contribution in [0.2, 0.25) is 0 Å². The molecule has 0 unspecified atom stereocenters. The molecule has 0 aromatic heterocycles. The summed E-state index contributed by atoms with van der Waals surface area (Å²) in [6.45, 7) is 1.61. The van der Waals surface area contributed by atoms with Crippen molar-refractivity contribution in [2.45, 2.75) is 13.5 Å². The standard InChI is InChI=1S/C16H15INO5/c1-11(19)13-8-15(22-2)16(9-14(13)18(21)17-20)23-10-12-6-4-3-5-7-12/h3-9H,10H2,1-2H3/q-1. The molecule has 2 rings (SSSR count). The fraction of sp³-hybridized carbons (Fsp3) is 0.188. The molecule has 0 saturated heterocycles. The van der Waals surface area contributed by atoms with Gasteiger partial charge in [0, 0.05) is 11.6 Å². The zero-order valence-corrected chi connectivity index (χ0v) is 14.8. The third kappa shape index (κ3) is 4.26. The minimum Gasteiger partial charge on any atom is -0.748 e. The first-order valence-electron chi connectivity index (χ1n) is 6.71. The van der Waals surface area contributed by atoms with Gasteiger partial charge in [0.1, 0.15) is 6.61 Å². The molecule has 0 fully saturated rings.